The van der Waals surface area contributed by atoms with E-state index in [9.17, 15) is 13.2 Å². The van der Waals surface area contributed by atoms with Gasteiger partial charge in [-0.1, -0.05) is 11.3 Å². The van der Waals surface area contributed by atoms with Crippen LogP contribution in [0.4, 0.5) is 10.8 Å². The SMILES string of the molecule is CCOc1ccc2nc(NC(=O)c3ccc(NS(C)(=O)=O)cc3)sc2c1. The fourth-order valence-corrected chi connectivity index (χ4v) is 3.74. The van der Waals surface area contributed by atoms with Crippen molar-refractivity contribution in [3.05, 3.63) is 48.0 Å². The maximum atomic E-state index is 12.3. The maximum Gasteiger partial charge on any atom is 0.257 e. The molecule has 136 valence electrons. The first kappa shape index (κ1) is 18.2. The number of benzene rings is 2. The van der Waals surface area contributed by atoms with E-state index in [-0.39, 0.29) is 5.91 Å². The van der Waals surface area contributed by atoms with E-state index in [4.69, 9.17) is 4.74 Å². The Balaban J connectivity index is 1.74. The molecule has 0 saturated carbocycles. The molecule has 0 aliphatic carbocycles. The second-order valence-corrected chi connectivity index (χ2v) is 8.27. The number of carbonyl (C=O) groups excluding carboxylic acids is 1. The van der Waals surface area contributed by atoms with E-state index in [0.717, 1.165) is 22.2 Å². The van der Waals surface area contributed by atoms with Crippen LogP contribution in [0.1, 0.15) is 17.3 Å². The van der Waals surface area contributed by atoms with Gasteiger partial charge in [0, 0.05) is 11.3 Å². The number of ether oxygens (including phenoxy) is 1. The standard InChI is InChI=1S/C17H17N3O4S2/c1-3-24-13-8-9-14-15(10-13)25-17(18-14)19-16(21)11-4-6-12(7-5-11)20-26(2,22)23/h4-10,20H,3H2,1-2H3,(H,18,19,21). The van der Waals surface area contributed by atoms with E-state index >= 15 is 0 Å². The molecule has 0 saturated heterocycles. The third kappa shape index (κ3) is 4.50. The quantitative estimate of drug-likeness (QED) is 0.672. The number of thiazole rings is 1. The van der Waals surface area contributed by atoms with Gasteiger partial charge in [0.1, 0.15) is 5.75 Å². The van der Waals surface area contributed by atoms with Crippen molar-refractivity contribution in [2.24, 2.45) is 0 Å². The molecule has 0 atom stereocenters. The van der Waals surface area contributed by atoms with Crippen molar-refractivity contribution in [1.82, 2.24) is 4.98 Å². The van der Waals surface area contributed by atoms with E-state index in [0.29, 0.717) is 23.0 Å². The van der Waals surface area contributed by atoms with Crippen molar-refractivity contribution < 1.29 is 17.9 Å². The van der Waals surface area contributed by atoms with Crippen LogP contribution in [0.2, 0.25) is 0 Å². The molecule has 3 aromatic rings. The van der Waals surface area contributed by atoms with Crippen LogP contribution in [-0.2, 0) is 10.0 Å². The van der Waals surface area contributed by atoms with E-state index in [1.165, 1.54) is 23.5 Å². The third-order valence-corrected chi connectivity index (χ3v) is 4.88. The Labute approximate surface area is 155 Å². The molecule has 0 unspecified atom stereocenters. The summed E-state index contributed by atoms with van der Waals surface area (Å²) in [7, 11) is -3.35. The number of nitrogens with one attached hydrogen (secondary N) is 2. The lowest BCUT2D eigenvalue weighted by Crippen LogP contribution is -2.12. The summed E-state index contributed by atoms with van der Waals surface area (Å²) in [6.07, 6.45) is 1.07. The largest absolute Gasteiger partial charge is 0.494 e. The molecule has 0 spiro atoms. The highest BCUT2D eigenvalue weighted by Gasteiger charge is 2.11. The van der Waals surface area contributed by atoms with Crippen molar-refractivity contribution in [2.45, 2.75) is 6.92 Å². The molecule has 0 aliphatic rings. The maximum absolute atomic E-state index is 12.3. The highest BCUT2D eigenvalue weighted by Crippen LogP contribution is 2.29. The van der Waals surface area contributed by atoms with Gasteiger partial charge in [-0.3, -0.25) is 14.8 Å². The highest BCUT2D eigenvalue weighted by atomic mass is 32.2. The summed E-state index contributed by atoms with van der Waals surface area (Å²) in [4.78, 5) is 16.7. The fourth-order valence-electron chi connectivity index (χ4n) is 2.29. The van der Waals surface area contributed by atoms with Crippen LogP contribution < -0.4 is 14.8 Å². The average Bonchev–Trinajstić information content (AvgIpc) is 2.95. The molecule has 0 fully saturated rings. The average molecular weight is 391 g/mol. The summed E-state index contributed by atoms with van der Waals surface area (Å²) < 4.78 is 31.1. The number of carbonyl (C=O) groups is 1. The Morgan fingerprint density at radius 3 is 2.58 bits per heavy atom. The monoisotopic (exact) mass is 391 g/mol. The van der Waals surface area contributed by atoms with Gasteiger partial charge in [-0.15, -0.1) is 0 Å². The molecule has 2 aromatic carbocycles. The lowest BCUT2D eigenvalue weighted by atomic mass is 10.2. The zero-order chi connectivity index (χ0) is 18.7. The summed E-state index contributed by atoms with van der Waals surface area (Å²) in [6, 6.07) is 11.7. The van der Waals surface area contributed by atoms with Gasteiger partial charge in [-0.05, 0) is 49.4 Å². The molecular weight excluding hydrogens is 374 g/mol. The second kappa shape index (κ2) is 7.30. The highest BCUT2D eigenvalue weighted by molar-refractivity contribution is 7.92. The predicted molar refractivity (Wildman–Crippen MR) is 104 cm³/mol. The number of fused-ring (bicyclic) bond motifs is 1. The molecule has 1 aromatic heterocycles. The molecule has 0 aliphatic heterocycles. The van der Waals surface area contributed by atoms with E-state index in [1.807, 2.05) is 25.1 Å². The molecule has 9 heteroatoms. The topological polar surface area (TPSA) is 97.4 Å². The van der Waals surface area contributed by atoms with E-state index in [1.54, 1.807) is 12.1 Å². The van der Waals surface area contributed by atoms with Gasteiger partial charge >= 0.3 is 0 Å². The van der Waals surface area contributed by atoms with Crippen LogP contribution in [-0.4, -0.2) is 32.2 Å². The summed E-state index contributed by atoms with van der Waals surface area (Å²) >= 11 is 1.36. The normalized spacial score (nSPS) is 11.3. The first-order valence-corrected chi connectivity index (χ1v) is 10.5. The van der Waals surface area contributed by atoms with Gasteiger partial charge in [0.25, 0.3) is 5.91 Å². The Morgan fingerprint density at radius 2 is 1.92 bits per heavy atom. The zero-order valence-corrected chi connectivity index (χ0v) is 15.8. The first-order valence-electron chi connectivity index (χ1n) is 7.76. The smallest absolute Gasteiger partial charge is 0.257 e. The molecular formula is C17H17N3O4S2. The van der Waals surface area contributed by atoms with Gasteiger partial charge < -0.3 is 4.74 Å². The Bertz CT molecular complexity index is 1040. The minimum Gasteiger partial charge on any atom is -0.494 e. The van der Waals surface area contributed by atoms with Crippen molar-refractivity contribution in [3.63, 3.8) is 0 Å². The number of rotatable bonds is 6. The van der Waals surface area contributed by atoms with Crippen LogP contribution in [0.3, 0.4) is 0 Å². The van der Waals surface area contributed by atoms with Crippen LogP contribution in [0.15, 0.2) is 42.5 Å². The van der Waals surface area contributed by atoms with Gasteiger partial charge in [0.05, 0.1) is 23.1 Å². The molecule has 0 radical (unpaired) electrons. The van der Waals surface area contributed by atoms with Gasteiger partial charge in [0.15, 0.2) is 5.13 Å². The number of sulfonamides is 1. The van der Waals surface area contributed by atoms with Gasteiger partial charge in [-0.2, -0.15) is 0 Å². The molecule has 26 heavy (non-hydrogen) atoms. The van der Waals surface area contributed by atoms with E-state index < -0.39 is 10.0 Å². The number of amides is 1. The lowest BCUT2D eigenvalue weighted by molar-refractivity contribution is 0.102. The fraction of sp³-hybridized carbons (Fsp3) is 0.176. The minimum atomic E-state index is -3.35. The summed E-state index contributed by atoms with van der Waals surface area (Å²) in [6.45, 7) is 2.50. The number of nitrogens with zero attached hydrogens (tertiary/aromatic N) is 1. The Kier molecular flexibility index (Phi) is 5.10. The Hall–Kier alpha value is -2.65. The van der Waals surface area contributed by atoms with Crippen molar-refractivity contribution >= 4 is 48.3 Å². The molecule has 2 N–H and O–H groups in total. The first-order chi connectivity index (χ1) is 12.3. The number of hydrogen-bond acceptors (Lipinski definition) is 6. The van der Waals surface area contributed by atoms with Crippen LogP contribution >= 0.6 is 11.3 Å². The van der Waals surface area contributed by atoms with Crippen molar-refractivity contribution in [2.75, 3.05) is 22.9 Å². The zero-order valence-electron chi connectivity index (χ0n) is 14.1. The molecule has 1 amide bonds. The number of hydrogen-bond donors (Lipinski definition) is 2. The minimum absolute atomic E-state index is 0.319. The van der Waals surface area contributed by atoms with Gasteiger partial charge in [0.2, 0.25) is 10.0 Å². The van der Waals surface area contributed by atoms with Crippen molar-refractivity contribution in [1.29, 1.82) is 0 Å². The Morgan fingerprint density at radius 1 is 1.19 bits per heavy atom. The predicted octanol–water partition coefficient (Wildman–Crippen LogP) is 3.32. The molecule has 7 nitrogen and oxygen atoms in total. The van der Waals surface area contributed by atoms with Crippen LogP contribution in [0.25, 0.3) is 10.2 Å². The summed E-state index contributed by atoms with van der Waals surface area (Å²) in [5.41, 5.74) is 1.58. The van der Waals surface area contributed by atoms with Crippen molar-refractivity contribution in [3.8, 4) is 5.75 Å². The van der Waals surface area contributed by atoms with Crippen LogP contribution in [0.5, 0.6) is 5.75 Å². The second-order valence-electron chi connectivity index (χ2n) is 5.49. The molecule has 3 rings (SSSR count). The summed E-state index contributed by atoms with van der Waals surface area (Å²) in [5, 5.41) is 3.24. The number of aromatic nitrogens is 1. The third-order valence-electron chi connectivity index (χ3n) is 3.34. The molecule has 1 heterocycles. The van der Waals surface area contributed by atoms with Crippen LogP contribution in [0, 0.1) is 0 Å². The lowest BCUT2D eigenvalue weighted by Gasteiger charge is -2.05. The van der Waals surface area contributed by atoms with E-state index in [2.05, 4.69) is 15.0 Å². The molecule has 0 bridgehead atoms. The number of anilines is 2. The van der Waals surface area contributed by atoms with Gasteiger partial charge in [-0.25, -0.2) is 13.4 Å². The summed E-state index contributed by atoms with van der Waals surface area (Å²) in [5.74, 6) is 0.440.